The molecule has 0 spiro atoms. The van der Waals surface area contributed by atoms with Crippen molar-refractivity contribution in [3.63, 3.8) is 0 Å². The average molecular weight is 487 g/mol. The highest BCUT2D eigenvalue weighted by molar-refractivity contribution is 8.00. The van der Waals surface area contributed by atoms with Crippen molar-refractivity contribution in [2.75, 3.05) is 43.9 Å². The largest absolute Gasteiger partial charge is 0.346 e. The van der Waals surface area contributed by atoms with Gasteiger partial charge in [-0.25, -0.2) is 4.98 Å². The first-order valence-electron chi connectivity index (χ1n) is 12.0. The number of benzene rings is 1. The van der Waals surface area contributed by atoms with Gasteiger partial charge in [-0.3, -0.25) is 9.59 Å². The van der Waals surface area contributed by atoms with Crippen molar-refractivity contribution < 1.29 is 9.59 Å². The van der Waals surface area contributed by atoms with E-state index in [0.717, 1.165) is 54.6 Å². The molecule has 1 saturated carbocycles. The maximum absolute atomic E-state index is 13.4. The maximum atomic E-state index is 13.4. The summed E-state index contributed by atoms with van der Waals surface area (Å²) >= 11 is 3.16. The Bertz CT molecular complexity index is 957. The Labute approximate surface area is 205 Å². The van der Waals surface area contributed by atoms with E-state index in [2.05, 4.69) is 15.3 Å². The average Bonchev–Trinajstić information content (AvgIpc) is 3.13. The summed E-state index contributed by atoms with van der Waals surface area (Å²) in [5.74, 6) is 0.579. The van der Waals surface area contributed by atoms with Crippen LogP contribution in [0.1, 0.15) is 54.6 Å². The zero-order valence-corrected chi connectivity index (χ0v) is 21.3. The third kappa shape index (κ3) is 6.09. The number of hydrogen-bond acceptors (Lipinski definition) is 6. The van der Waals surface area contributed by atoms with E-state index in [-0.39, 0.29) is 11.8 Å². The number of aryl methyl sites for hydroxylation is 1. The molecule has 2 amide bonds. The van der Waals surface area contributed by atoms with Crippen molar-refractivity contribution in [2.24, 2.45) is 0 Å². The second kappa shape index (κ2) is 11.4. The first-order valence-corrected chi connectivity index (χ1v) is 13.8. The first-order chi connectivity index (χ1) is 16.0. The molecule has 0 N–H and O–H groups in total. The van der Waals surface area contributed by atoms with Crippen molar-refractivity contribution in [1.29, 1.82) is 0 Å². The Morgan fingerprint density at radius 1 is 1.09 bits per heavy atom. The summed E-state index contributed by atoms with van der Waals surface area (Å²) < 4.78 is 0. The van der Waals surface area contributed by atoms with Crippen LogP contribution in [0.2, 0.25) is 0 Å². The normalized spacial score (nSPS) is 17.6. The zero-order valence-electron chi connectivity index (χ0n) is 19.7. The van der Waals surface area contributed by atoms with Crippen LogP contribution in [0, 0.1) is 6.92 Å². The van der Waals surface area contributed by atoms with Gasteiger partial charge in [0.25, 0.3) is 5.91 Å². The number of nitrogens with zero attached hydrogens (tertiary/aromatic N) is 4. The lowest BCUT2D eigenvalue weighted by atomic mass is 9.94. The Hall–Kier alpha value is -2.06. The molecule has 2 aliphatic rings. The minimum atomic E-state index is 0.0587. The number of carbonyl (C=O) groups is 2. The number of amides is 2. The molecule has 2 aromatic rings. The highest BCUT2D eigenvalue weighted by Gasteiger charge is 2.25. The van der Waals surface area contributed by atoms with Gasteiger partial charge in [-0.05, 0) is 38.3 Å². The quantitative estimate of drug-likeness (QED) is 0.555. The number of aromatic nitrogens is 1. The van der Waals surface area contributed by atoms with Gasteiger partial charge in [0.05, 0.1) is 17.0 Å². The fourth-order valence-corrected chi connectivity index (χ4v) is 6.48. The molecule has 8 heteroatoms. The van der Waals surface area contributed by atoms with Gasteiger partial charge in [0.1, 0.15) is 0 Å². The molecule has 1 aliphatic heterocycles. The third-order valence-electron chi connectivity index (χ3n) is 6.64. The fraction of sp³-hybridized carbons (Fsp3) is 0.560. The Morgan fingerprint density at radius 2 is 1.88 bits per heavy atom. The van der Waals surface area contributed by atoms with Crippen LogP contribution in [0.4, 0.5) is 5.13 Å². The molecule has 178 valence electrons. The Balaban J connectivity index is 1.37. The molecule has 2 fully saturated rings. The second-order valence-electron chi connectivity index (χ2n) is 8.99. The molecular formula is C25H34N4O2S2. The lowest BCUT2D eigenvalue weighted by Gasteiger charge is -2.31. The molecule has 1 aliphatic carbocycles. The van der Waals surface area contributed by atoms with Crippen LogP contribution in [0.15, 0.2) is 34.5 Å². The topological polar surface area (TPSA) is 56.8 Å². The molecule has 2 heterocycles. The zero-order chi connectivity index (χ0) is 23.2. The minimum Gasteiger partial charge on any atom is -0.346 e. The summed E-state index contributed by atoms with van der Waals surface area (Å²) in [6, 6.07) is 8.09. The minimum absolute atomic E-state index is 0.0587. The van der Waals surface area contributed by atoms with Gasteiger partial charge in [-0.1, -0.05) is 31.4 Å². The predicted octanol–water partition coefficient (Wildman–Crippen LogP) is 4.69. The van der Waals surface area contributed by atoms with Crippen LogP contribution in [-0.2, 0) is 4.79 Å². The summed E-state index contributed by atoms with van der Waals surface area (Å²) in [6.45, 7) is 5.13. The van der Waals surface area contributed by atoms with Crippen LogP contribution in [0.3, 0.4) is 0 Å². The van der Waals surface area contributed by atoms with Crippen molar-refractivity contribution >= 4 is 40.0 Å². The van der Waals surface area contributed by atoms with Crippen molar-refractivity contribution in [3.05, 3.63) is 40.9 Å². The maximum Gasteiger partial charge on any atom is 0.255 e. The van der Waals surface area contributed by atoms with E-state index in [0.29, 0.717) is 23.9 Å². The van der Waals surface area contributed by atoms with E-state index >= 15 is 0 Å². The van der Waals surface area contributed by atoms with Crippen LogP contribution < -0.4 is 4.90 Å². The number of rotatable bonds is 6. The number of hydrogen-bond donors (Lipinski definition) is 0. The molecule has 4 rings (SSSR count). The van der Waals surface area contributed by atoms with Crippen LogP contribution >= 0.6 is 23.1 Å². The van der Waals surface area contributed by atoms with Gasteiger partial charge in [-0.15, -0.1) is 23.1 Å². The summed E-state index contributed by atoms with van der Waals surface area (Å²) in [6.07, 6.45) is 6.83. The number of carbonyl (C=O) groups excluding carboxylic acids is 2. The van der Waals surface area contributed by atoms with Crippen molar-refractivity contribution in [1.82, 2.24) is 14.8 Å². The van der Waals surface area contributed by atoms with Gasteiger partial charge in [0.15, 0.2) is 5.13 Å². The number of thioether (sulfide) groups is 1. The standard InChI is InChI=1S/C25H34N4O2S2/c1-19-17-33-25(26-19)29-14-8-13-28(15-16-29)24(31)21-11-6-7-12-22(21)32-18-23(30)27(2)20-9-4-3-5-10-20/h6-7,11-12,17,20H,3-5,8-10,13-16,18H2,1-2H3. The molecule has 1 aromatic heterocycles. The number of anilines is 1. The molecule has 0 atom stereocenters. The number of thiazole rings is 1. The molecular weight excluding hydrogens is 452 g/mol. The summed E-state index contributed by atoms with van der Waals surface area (Å²) in [5.41, 5.74) is 1.75. The highest BCUT2D eigenvalue weighted by atomic mass is 32.2. The van der Waals surface area contributed by atoms with E-state index in [1.807, 2.05) is 48.0 Å². The van der Waals surface area contributed by atoms with Crippen LogP contribution in [0.5, 0.6) is 0 Å². The van der Waals surface area contributed by atoms with Gasteiger partial charge < -0.3 is 14.7 Å². The lowest BCUT2D eigenvalue weighted by molar-refractivity contribution is -0.129. The summed E-state index contributed by atoms with van der Waals surface area (Å²) in [5, 5.41) is 3.11. The molecule has 0 bridgehead atoms. The van der Waals surface area contributed by atoms with Crippen LogP contribution in [0.25, 0.3) is 0 Å². The third-order valence-corrected chi connectivity index (χ3v) is 8.72. The van der Waals surface area contributed by atoms with E-state index in [4.69, 9.17) is 0 Å². The highest BCUT2D eigenvalue weighted by Crippen LogP contribution is 2.27. The van der Waals surface area contributed by atoms with E-state index in [9.17, 15) is 9.59 Å². The Kier molecular flexibility index (Phi) is 8.30. The monoisotopic (exact) mass is 486 g/mol. The van der Waals surface area contributed by atoms with Gasteiger partial charge >= 0.3 is 0 Å². The Morgan fingerprint density at radius 3 is 2.64 bits per heavy atom. The molecule has 33 heavy (non-hydrogen) atoms. The predicted molar refractivity (Wildman–Crippen MR) is 136 cm³/mol. The van der Waals surface area contributed by atoms with E-state index in [1.165, 1.54) is 31.0 Å². The second-order valence-corrected chi connectivity index (χ2v) is 10.8. The molecule has 0 radical (unpaired) electrons. The molecule has 1 aromatic carbocycles. The lowest BCUT2D eigenvalue weighted by Crippen LogP contribution is -2.39. The van der Waals surface area contributed by atoms with Crippen LogP contribution in [-0.4, -0.2) is 71.6 Å². The fourth-order valence-electron chi connectivity index (χ4n) is 4.65. The summed E-state index contributed by atoms with van der Waals surface area (Å²) in [7, 11) is 1.93. The van der Waals surface area contributed by atoms with Gasteiger partial charge in [0, 0.05) is 49.5 Å². The van der Waals surface area contributed by atoms with Gasteiger partial charge in [0.2, 0.25) is 5.91 Å². The van der Waals surface area contributed by atoms with Crippen molar-refractivity contribution in [2.45, 2.75) is 56.4 Å². The summed E-state index contributed by atoms with van der Waals surface area (Å²) in [4.78, 5) is 37.9. The first kappa shape index (κ1) is 24.1. The SMILES string of the molecule is Cc1csc(N2CCCN(C(=O)c3ccccc3SCC(=O)N(C)C3CCCCC3)CC2)n1. The van der Waals surface area contributed by atoms with E-state index in [1.54, 1.807) is 11.3 Å². The van der Waals surface area contributed by atoms with Crippen molar-refractivity contribution in [3.8, 4) is 0 Å². The molecule has 6 nitrogen and oxygen atoms in total. The van der Waals surface area contributed by atoms with E-state index < -0.39 is 0 Å². The molecule has 0 unspecified atom stereocenters. The molecule has 1 saturated heterocycles. The smallest absolute Gasteiger partial charge is 0.255 e. The van der Waals surface area contributed by atoms with Gasteiger partial charge in [-0.2, -0.15) is 0 Å².